The van der Waals surface area contributed by atoms with Crippen LogP contribution in [0.4, 0.5) is 0 Å². The highest BCUT2D eigenvalue weighted by molar-refractivity contribution is 7.91. The van der Waals surface area contributed by atoms with E-state index in [0.29, 0.717) is 12.8 Å². The van der Waals surface area contributed by atoms with Crippen molar-refractivity contribution in [2.45, 2.75) is 45.7 Å². The largest absolute Gasteiger partial charge is 0.507 e. The molecular weight excluding hydrogens is 358 g/mol. The minimum Gasteiger partial charge on any atom is -0.507 e. The summed E-state index contributed by atoms with van der Waals surface area (Å²) >= 11 is 0. The minimum absolute atomic E-state index is 0.00339. The minimum atomic E-state index is -3.14. The Morgan fingerprint density at radius 3 is 2.65 bits per heavy atom. The lowest BCUT2D eigenvalue weighted by atomic mass is 10.1. The van der Waals surface area contributed by atoms with Crippen molar-refractivity contribution in [3.8, 4) is 5.75 Å². The predicted molar refractivity (Wildman–Crippen MR) is 96.8 cm³/mol. The van der Waals surface area contributed by atoms with Gasteiger partial charge in [0.05, 0.1) is 11.5 Å². The fourth-order valence-corrected chi connectivity index (χ4v) is 4.81. The van der Waals surface area contributed by atoms with Crippen LogP contribution in [-0.4, -0.2) is 60.5 Å². The van der Waals surface area contributed by atoms with Crippen molar-refractivity contribution >= 4 is 21.7 Å². The predicted octanol–water partition coefficient (Wildman–Crippen LogP) is 1.67. The molecule has 0 aliphatic carbocycles. The molecule has 1 aromatic rings. The molecule has 0 radical (unpaired) electrons. The number of aromatic hydroxyl groups is 1. The van der Waals surface area contributed by atoms with Crippen LogP contribution in [0, 0.1) is 6.92 Å². The van der Waals surface area contributed by atoms with Crippen molar-refractivity contribution in [3.05, 3.63) is 29.3 Å². The number of phenolic OH excluding ortho intramolecular Hbond substituents is 1. The molecule has 0 bridgehead atoms. The van der Waals surface area contributed by atoms with Gasteiger partial charge in [-0.05, 0) is 38.8 Å². The van der Waals surface area contributed by atoms with Crippen LogP contribution < -0.4 is 0 Å². The monoisotopic (exact) mass is 383 g/mol. The van der Waals surface area contributed by atoms with Gasteiger partial charge in [-0.25, -0.2) is 13.2 Å². The molecule has 0 spiro atoms. The Bertz CT molecular complexity index is 789. The third-order valence-electron chi connectivity index (χ3n) is 4.65. The Kier molecular flexibility index (Phi) is 6.28. The number of esters is 1. The number of carbonyl (C=O) groups is 2. The fourth-order valence-electron chi connectivity index (χ4n) is 3.09. The van der Waals surface area contributed by atoms with Crippen molar-refractivity contribution in [3.63, 3.8) is 0 Å². The number of hydrogen-bond donors (Lipinski definition) is 1. The number of sulfone groups is 1. The maximum Gasteiger partial charge on any atom is 0.342 e. The van der Waals surface area contributed by atoms with Crippen molar-refractivity contribution < 1.29 is 27.9 Å². The van der Waals surface area contributed by atoms with Crippen molar-refractivity contribution in [1.82, 2.24) is 4.90 Å². The van der Waals surface area contributed by atoms with Crippen LogP contribution in [0.5, 0.6) is 5.75 Å². The molecule has 1 fully saturated rings. The normalized spacial score (nSPS) is 19.7. The lowest BCUT2D eigenvalue weighted by molar-refractivity contribution is -0.138. The van der Waals surface area contributed by atoms with Crippen LogP contribution >= 0.6 is 0 Å². The van der Waals surface area contributed by atoms with Gasteiger partial charge in [-0.15, -0.1) is 0 Å². The Morgan fingerprint density at radius 1 is 1.38 bits per heavy atom. The van der Waals surface area contributed by atoms with E-state index in [-0.39, 0.29) is 28.9 Å². The quantitative estimate of drug-likeness (QED) is 0.750. The number of carbonyl (C=O) groups excluding carboxylic acids is 2. The molecule has 1 aromatic carbocycles. The summed E-state index contributed by atoms with van der Waals surface area (Å²) in [6.45, 7) is 5.03. The number of ether oxygens (including phenoxy) is 1. The Balaban J connectivity index is 2.07. The first-order valence-corrected chi connectivity index (χ1v) is 10.4. The number of hydrogen-bond acceptors (Lipinski definition) is 6. The van der Waals surface area contributed by atoms with Crippen LogP contribution in [-0.2, 0) is 19.4 Å². The van der Waals surface area contributed by atoms with Gasteiger partial charge in [-0.1, -0.05) is 18.6 Å². The summed E-state index contributed by atoms with van der Waals surface area (Å²) < 4.78 is 28.6. The van der Waals surface area contributed by atoms with E-state index < -0.39 is 34.4 Å². The van der Waals surface area contributed by atoms with Gasteiger partial charge in [-0.2, -0.15) is 0 Å². The third kappa shape index (κ3) is 4.75. The summed E-state index contributed by atoms with van der Waals surface area (Å²) in [5.74, 6) is -1.43. The van der Waals surface area contributed by atoms with E-state index in [1.54, 1.807) is 13.0 Å². The summed E-state index contributed by atoms with van der Waals surface area (Å²) in [6.07, 6.45) is 1.06. The topological polar surface area (TPSA) is 101 Å². The van der Waals surface area contributed by atoms with Crippen LogP contribution in [0.25, 0.3) is 0 Å². The summed E-state index contributed by atoms with van der Waals surface area (Å²) in [7, 11) is -3.14. The second kappa shape index (κ2) is 8.07. The molecule has 2 rings (SSSR count). The number of aryl methyl sites for hydroxylation is 1. The molecule has 1 amide bonds. The van der Waals surface area contributed by atoms with Gasteiger partial charge in [0, 0.05) is 12.1 Å². The molecular formula is C18H25NO6S. The van der Waals surface area contributed by atoms with Crippen LogP contribution in [0.3, 0.4) is 0 Å². The van der Waals surface area contributed by atoms with Crippen molar-refractivity contribution in [2.24, 2.45) is 0 Å². The van der Waals surface area contributed by atoms with Crippen molar-refractivity contribution in [1.29, 1.82) is 0 Å². The summed E-state index contributed by atoms with van der Waals surface area (Å²) in [5.41, 5.74) is 0.773. The molecule has 1 aliphatic rings. The number of phenols is 1. The molecule has 8 heteroatoms. The number of nitrogens with zero attached hydrogens (tertiary/aromatic N) is 1. The molecule has 2 atom stereocenters. The van der Waals surface area contributed by atoms with E-state index in [1.165, 1.54) is 17.0 Å². The molecule has 144 valence electrons. The molecule has 1 saturated heterocycles. The first-order valence-electron chi connectivity index (χ1n) is 8.63. The zero-order valence-electron chi connectivity index (χ0n) is 15.3. The fraction of sp³-hybridized carbons (Fsp3) is 0.556. The number of amides is 1. The van der Waals surface area contributed by atoms with E-state index in [2.05, 4.69) is 0 Å². The van der Waals surface area contributed by atoms with Gasteiger partial charge < -0.3 is 14.7 Å². The molecule has 7 nitrogen and oxygen atoms in total. The maximum atomic E-state index is 12.6. The molecule has 1 heterocycles. The average Bonchev–Trinajstić information content (AvgIpc) is 2.94. The Labute approximate surface area is 153 Å². The van der Waals surface area contributed by atoms with Crippen molar-refractivity contribution in [2.75, 3.05) is 18.1 Å². The first-order chi connectivity index (χ1) is 12.1. The van der Waals surface area contributed by atoms with E-state index >= 15 is 0 Å². The average molecular weight is 383 g/mol. The molecule has 1 N–H and O–H groups in total. The standard InChI is InChI=1S/C18H25NO6S/c1-4-13(3)19(14-7-8-26(23,24)11-14)17(21)10-25-18(22)15-9-12(2)5-6-16(15)20/h5-6,9,13-14,20H,4,7-8,10-11H2,1-3H3/t13-,14+/m1/s1. The number of benzene rings is 1. The lowest BCUT2D eigenvalue weighted by Gasteiger charge is -2.33. The summed E-state index contributed by atoms with van der Waals surface area (Å²) in [4.78, 5) is 26.3. The lowest BCUT2D eigenvalue weighted by Crippen LogP contribution is -2.48. The Morgan fingerprint density at radius 2 is 2.08 bits per heavy atom. The van der Waals surface area contributed by atoms with Gasteiger partial charge in [0.25, 0.3) is 5.91 Å². The molecule has 0 saturated carbocycles. The van der Waals surface area contributed by atoms with Crippen LogP contribution in [0.2, 0.25) is 0 Å². The van der Waals surface area contributed by atoms with E-state index in [9.17, 15) is 23.1 Å². The number of rotatable bonds is 6. The molecule has 0 unspecified atom stereocenters. The second-order valence-corrected chi connectivity index (χ2v) is 8.94. The zero-order chi connectivity index (χ0) is 19.5. The highest BCUT2D eigenvalue weighted by atomic mass is 32.2. The van der Waals surface area contributed by atoms with Crippen LogP contribution in [0.15, 0.2) is 18.2 Å². The SMILES string of the molecule is CC[C@@H](C)N(C(=O)COC(=O)c1cc(C)ccc1O)[C@H]1CCS(=O)(=O)C1. The molecule has 1 aliphatic heterocycles. The maximum absolute atomic E-state index is 12.6. The second-order valence-electron chi connectivity index (χ2n) is 6.71. The van der Waals surface area contributed by atoms with Gasteiger partial charge in [-0.3, -0.25) is 4.79 Å². The van der Waals surface area contributed by atoms with Gasteiger partial charge in [0.1, 0.15) is 11.3 Å². The molecule has 0 aromatic heterocycles. The van der Waals surface area contributed by atoms with Gasteiger partial charge in [0.15, 0.2) is 16.4 Å². The first kappa shape index (κ1) is 20.2. The third-order valence-corrected chi connectivity index (χ3v) is 6.40. The van der Waals surface area contributed by atoms with Gasteiger partial charge >= 0.3 is 5.97 Å². The highest BCUT2D eigenvalue weighted by Gasteiger charge is 2.36. The zero-order valence-corrected chi connectivity index (χ0v) is 16.1. The Hall–Kier alpha value is -2.09. The van der Waals surface area contributed by atoms with Gasteiger partial charge in [0.2, 0.25) is 0 Å². The summed E-state index contributed by atoms with van der Waals surface area (Å²) in [6, 6.07) is 3.98. The van der Waals surface area contributed by atoms with E-state index in [0.717, 1.165) is 5.56 Å². The van der Waals surface area contributed by atoms with Crippen LogP contribution in [0.1, 0.15) is 42.6 Å². The van der Waals surface area contributed by atoms with E-state index in [1.807, 2.05) is 13.8 Å². The molecule has 26 heavy (non-hydrogen) atoms. The summed E-state index contributed by atoms with van der Waals surface area (Å²) in [5, 5.41) is 9.77. The van der Waals surface area contributed by atoms with E-state index in [4.69, 9.17) is 4.74 Å². The highest BCUT2D eigenvalue weighted by Crippen LogP contribution is 2.22. The smallest absolute Gasteiger partial charge is 0.342 e.